The first-order chi connectivity index (χ1) is 12.6. The third-order valence-electron chi connectivity index (χ3n) is 4.96. The lowest BCUT2D eigenvalue weighted by Gasteiger charge is -2.37. The van der Waals surface area contributed by atoms with Crippen LogP contribution >= 0.6 is 0 Å². The van der Waals surface area contributed by atoms with Crippen molar-refractivity contribution in [3.05, 3.63) is 29.8 Å². The van der Waals surface area contributed by atoms with Gasteiger partial charge >= 0.3 is 0 Å². The highest BCUT2D eigenvalue weighted by molar-refractivity contribution is 6.05. The molecule has 26 heavy (non-hydrogen) atoms. The molecule has 0 spiro atoms. The topological polar surface area (TPSA) is 77.0 Å². The molecule has 1 fully saturated rings. The second kappa shape index (κ2) is 8.31. The molecule has 1 atom stereocenters. The van der Waals surface area contributed by atoms with Crippen molar-refractivity contribution in [1.29, 1.82) is 0 Å². The van der Waals surface area contributed by atoms with Crippen molar-refractivity contribution in [2.75, 3.05) is 38.0 Å². The molecule has 0 aromatic heterocycles. The smallest absolute Gasteiger partial charge is 0.249 e. The van der Waals surface area contributed by atoms with E-state index in [1.165, 1.54) is 5.56 Å². The zero-order chi connectivity index (χ0) is 18.5. The minimum atomic E-state index is -0.686. The number of hydrogen-bond acceptors (Lipinski definition) is 5. The number of aryl methyl sites for hydroxylation is 1. The summed E-state index contributed by atoms with van der Waals surface area (Å²) < 4.78 is 0. The molecule has 0 unspecified atom stereocenters. The Kier molecular flexibility index (Phi) is 5.88. The summed E-state index contributed by atoms with van der Waals surface area (Å²) in [6.45, 7) is 8.74. The van der Waals surface area contributed by atoms with Crippen molar-refractivity contribution < 1.29 is 9.59 Å². The number of anilines is 1. The predicted molar refractivity (Wildman–Crippen MR) is 102 cm³/mol. The summed E-state index contributed by atoms with van der Waals surface area (Å²) in [5.74, 6) is 0.127. The van der Waals surface area contributed by atoms with Gasteiger partial charge in [-0.05, 0) is 30.7 Å². The van der Waals surface area contributed by atoms with E-state index in [9.17, 15) is 9.59 Å². The first-order valence-corrected chi connectivity index (χ1v) is 9.33. The summed E-state index contributed by atoms with van der Waals surface area (Å²) in [6, 6.07) is 7.06. The van der Waals surface area contributed by atoms with Gasteiger partial charge in [0.25, 0.3) is 0 Å². The Morgan fingerprint density at radius 2 is 1.88 bits per heavy atom. The molecule has 1 aromatic rings. The van der Waals surface area contributed by atoms with E-state index in [1.54, 1.807) is 0 Å². The van der Waals surface area contributed by atoms with Crippen molar-refractivity contribution in [3.8, 4) is 0 Å². The van der Waals surface area contributed by atoms with Crippen molar-refractivity contribution in [2.24, 2.45) is 4.99 Å². The zero-order valence-corrected chi connectivity index (χ0v) is 15.5. The van der Waals surface area contributed by atoms with E-state index in [0.29, 0.717) is 5.96 Å². The number of carbonyl (C=O) groups is 2. The fourth-order valence-corrected chi connectivity index (χ4v) is 3.21. The van der Waals surface area contributed by atoms with E-state index in [4.69, 9.17) is 0 Å². The average Bonchev–Trinajstić information content (AvgIpc) is 2.68. The van der Waals surface area contributed by atoms with Crippen LogP contribution in [0.5, 0.6) is 0 Å². The Hall–Kier alpha value is -2.41. The van der Waals surface area contributed by atoms with Crippen LogP contribution in [0, 0.1) is 0 Å². The number of rotatable bonds is 4. The minimum Gasteiger partial charge on any atom is -0.340 e. The van der Waals surface area contributed by atoms with E-state index < -0.39 is 6.04 Å². The van der Waals surface area contributed by atoms with E-state index in [-0.39, 0.29) is 18.2 Å². The van der Waals surface area contributed by atoms with Crippen LogP contribution in [0.25, 0.3) is 0 Å². The summed E-state index contributed by atoms with van der Waals surface area (Å²) >= 11 is 0. The molecule has 0 aliphatic carbocycles. The third kappa shape index (κ3) is 4.40. The Morgan fingerprint density at radius 1 is 1.19 bits per heavy atom. The molecule has 2 aliphatic heterocycles. The molecule has 1 saturated heterocycles. The zero-order valence-electron chi connectivity index (χ0n) is 15.5. The van der Waals surface area contributed by atoms with Crippen LogP contribution in [0.2, 0.25) is 0 Å². The molecule has 2 N–H and O–H groups in total. The van der Waals surface area contributed by atoms with Crippen molar-refractivity contribution >= 4 is 23.5 Å². The van der Waals surface area contributed by atoms with Gasteiger partial charge in [-0.25, -0.2) is 4.99 Å². The van der Waals surface area contributed by atoms with Gasteiger partial charge in [-0.1, -0.05) is 26.0 Å². The van der Waals surface area contributed by atoms with Crippen LogP contribution in [0.15, 0.2) is 29.3 Å². The van der Waals surface area contributed by atoms with Crippen molar-refractivity contribution in [1.82, 2.24) is 15.1 Å². The first kappa shape index (κ1) is 18.4. The minimum absolute atomic E-state index is 0.0807. The third-order valence-corrected chi connectivity index (χ3v) is 4.96. The number of benzene rings is 1. The molecule has 2 amide bonds. The lowest BCUT2D eigenvalue weighted by atomic mass is 10.1. The van der Waals surface area contributed by atoms with Crippen LogP contribution < -0.4 is 10.6 Å². The Bertz CT molecular complexity index is 678. The fourth-order valence-electron chi connectivity index (χ4n) is 3.21. The summed E-state index contributed by atoms with van der Waals surface area (Å²) in [5.41, 5.74) is 1.94. The molecular weight excluding hydrogens is 330 g/mol. The maximum Gasteiger partial charge on any atom is 0.249 e. The average molecular weight is 357 g/mol. The largest absolute Gasteiger partial charge is 0.340 e. The van der Waals surface area contributed by atoms with E-state index in [1.807, 2.05) is 24.3 Å². The molecule has 1 aromatic carbocycles. The van der Waals surface area contributed by atoms with Gasteiger partial charge in [0.1, 0.15) is 6.04 Å². The predicted octanol–water partition coefficient (Wildman–Crippen LogP) is 1.07. The number of amides is 2. The standard InChI is InChI=1S/C19H27N5O2/c1-3-14-5-7-15(8-6-14)20-18(26)16-13-17(25)22-19(21-16)24-11-9-23(4-2)10-12-24/h5-8,16H,3-4,9-13H2,1-2H3,(H,20,26)(H,21,22,25)/t16-/m0/s1. The van der Waals surface area contributed by atoms with Crippen molar-refractivity contribution in [2.45, 2.75) is 32.7 Å². The number of nitrogens with one attached hydrogen (secondary N) is 2. The molecule has 140 valence electrons. The normalized spacial score (nSPS) is 21.2. The number of nitrogens with zero attached hydrogens (tertiary/aromatic N) is 3. The van der Waals surface area contributed by atoms with Crippen LogP contribution in [0.3, 0.4) is 0 Å². The number of aliphatic imine (C=N–C) groups is 1. The summed E-state index contributed by atoms with van der Waals surface area (Å²) in [5, 5.41) is 5.69. The van der Waals surface area contributed by atoms with Gasteiger partial charge < -0.3 is 15.1 Å². The number of guanidine groups is 1. The monoisotopic (exact) mass is 357 g/mol. The van der Waals surface area contributed by atoms with E-state index >= 15 is 0 Å². The van der Waals surface area contributed by atoms with Gasteiger partial charge in [0.15, 0.2) is 0 Å². The number of hydrogen-bond donors (Lipinski definition) is 2. The summed E-state index contributed by atoms with van der Waals surface area (Å²) in [7, 11) is 0. The van der Waals surface area contributed by atoms with Gasteiger partial charge in [-0.3, -0.25) is 14.9 Å². The molecular formula is C19H27N5O2. The van der Waals surface area contributed by atoms with Gasteiger partial charge in [0, 0.05) is 31.9 Å². The number of piperazine rings is 1. The first-order valence-electron chi connectivity index (χ1n) is 9.33. The SMILES string of the molecule is CCc1ccc(NC(=O)[C@@H]2CC(=O)NC(N3CCN(CC)CC3)=N2)cc1. The molecule has 7 heteroatoms. The van der Waals surface area contributed by atoms with Gasteiger partial charge in [-0.15, -0.1) is 0 Å². The number of carbonyl (C=O) groups excluding carboxylic acids is 2. The highest BCUT2D eigenvalue weighted by atomic mass is 16.2. The Morgan fingerprint density at radius 3 is 2.50 bits per heavy atom. The quantitative estimate of drug-likeness (QED) is 0.845. The molecule has 3 rings (SSSR count). The van der Waals surface area contributed by atoms with Crippen LogP contribution in [-0.2, 0) is 16.0 Å². The lowest BCUT2D eigenvalue weighted by molar-refractivity contribution is -0.125. The highest BCUT2D eigenvalue weighted by Crippen LogP contribution is 2.14. The van der Waals surface area contributed by atoms with Crippen LogP contribution in [0.4, 0.5) is 5.69 Å². The molecule has 0 bridgehead atoms. The maximum atomic E-state index is 12.6. The fraction of sp³-hybridized carbons (Fsp3) is 0.526. The molecule has 7 nitrogen and oxygen atoms in total. The van der Waals surface area contributed by atoms with Crippen LogP contribution in [0.1, 0.15) is 25.8 Å². The van der Waals surface area contributed by atoms with Gasteiger partial charge in [-0.2, -0.15) is 0 Å². The molecule has 2 heterocycles. The van der Waals surface area contributed by atoms with E-state index in [0.717, 1.165) is 44.8 Å². The summed E-state index contributed by atoms with van der Waals surface area (Å²) in [4.78, 5) is 33.6. The Labute approximate surface area is 154 Å². The number of likely N-dealkylation sites (N-methyl/N-ethyl adjacent to an activating group) is 1. The second-order valence-corrected chi connectivity index (χ2v) is 6.68. The van der Waals surface area contributed by atoms with Gasteiger partial charge in [0.2, 0.25) is 17.8 Å². The highest BCUT2D eigenvalue weighted by Gasteiger charge is 2.30. The Balaban J connectivity index is 1.65. The summed E-state index contributed by atoms with van der Waals surface area (Å²) in [6.07, 6.45) is 1.03. The second-order valence-electron chi connectivity index (χ2n) is 6.68. The maximum absolute atomic E-state index is 12.6. The lowest BCUT2D eigenvalue weighted by Crippen LogP contribution is -2.56. The van der Waals surface area contributed by atoms with E-state index in [2.05, 4.69) is 39.3 Å². The molecule has 2 aliphatic rings. The van der Waals surface area contributed by atoms with Crippen molar-refractivity contribution in [3.63, 3.8) is 0 Å². The van der Waals surface area contributed by atoms with Crippen LogP contribution in [-0.4, -0.2) is 66.3 Å². The van der Waals surface area contributed by atoms with Gasteiger partial charge in [0.05, 0.1) is 6.42 Å². The molecule has 0 saturated carbocycles. The molecule has 0 radical (unpaired) electrons.